The number of urea groups is 1. The minimum Gasteiger partial charge on any atom is -0.342 e. The topological polar surface area (TPSA) is 73.0 Å². The number of carbonyl (C=O) groups excluding carboxylic acids is 3. The summed E-state index contributed by atoms with van der Waals surface area (Å²) in [5.74, 6) is 1.57. The number of amides is 4. The summed E-state index contributed by atoms with van der Waals surface area (Å²) in [5, 5.41) is 3.00. The van der Waals surface area contributed by atoms with E-state index in [1.54, 1.807) is 0 Å². The van der Waals surface area contributed by atoms with Crippen LogP contribution in [0.4, 0.5) is 4.79 Å². The van der Waals surface area contributed by atoms with Gasteiger partial charge in [-0.2, -0.15) is 0 Å². The number of imide groups is 1. The van der Waals surface area contributed by atoms with E-state index in [1.807, 2.05) is 0 Å². The third-order valence-electron chi connectivity index (χ3n) is 7.62. The van der Waals surface area contributed by atoms with Crippen molar-refractivity contribution in [1.82, 2.24) is 20.0 Å². The van der Waals surface area contributed by atoms with E-state index >= 15 is 0 Å². The van der Waals surface area contributed by atoms with Crippen molar-refractivity contribution in [2.75, 3.05) is 32.8 Å². The molecule has 7 heteroatoms. The number of rotatable bonds is 3. The predicted octanol–water partition coefficient (Wildman–Crippen LogP) is 2.42. The zero-order valence-corrected chi connectivity index (χ0v) is 18.0. The maximum atomic E-state index is 13.0. The average Bonchev–Trinajstić information content (AvgIpc) is 2.94. The highest BCUT2D eigenvalue weighted by Gasteiger charge is 2.52. The van der Waals surface area contributed by atoms with Crippen molar-refractivity contribution >= 4 is 17.8 Å². The van der Waals surface area contributed by atoms with E-state index in [0.29, 0.717) is 24.4 Å². The fourth-order valence-electron chi connectivity index (χ4n) is 5.57. The van der Waals surface area contributed by atoms with Crippen LogP contribution in [-0.2, 0) is 9.59 Å². The van der Waals surface area contributed by atoms with Gasteiger partial charge < -0.3 is 10.2 Å². The molecule has 0 aromatic carbocycles. The van der Waals surface area contributed by atoms with E-state index in [-0.39, 0.29) is 17.9 Å². The van der Waals surface area contributed by atoms with Crippen molar-refractivity contribution in [1.29, 1.82) is 0 Å². The Kier molecular flexibility index (Phi) is 5.87. The van der Waals surface area contributed by atoms with Gasteiger partial charge in [-0.1, -0.05) is 13.8 Å². The summed E-state index contributed by atoms with van der Waals surface area (Å²) in [5.41, 5.74) is -0.664. The van der Waals surface area contributed by atoms with Crippen LogP contribution in [0.3, 0.4) is 0 Å². The van der Waals surface area contributed by atoms with Gasteiger partial charge in [-0.05, 0) is 63.2 Å². The normalized spacial score (nSPS) is 34.7. The van der Waals surface area contributed by atoms with Crippen LogP contribution in [0.1, 0.15) is 65.2 Å². The van der Waals surface area contributed by atoms with Crippen molar-refractivity contribution in [2.45, 2.75) is 70.8 Å². The van der Waals surface area contributed by atoms with Crippen LogP contribution < -0.4 is 5.32 Å². The van der Waals surface area contributed by atoms with Crippen LogP contribution in [0, 0.1) is 17.8 Å². The van der Waals surface area contributed by atoms with Crippen LogP contribution >= 0.6 is 0 Å². The second-order valence-electron chi connectivity index (χ2n) is 9.99. The smallest absolute Gasteiger partial charge is 0.326 e. The largest absolute Gasteiger partial charge is 0.342 e. The molecule has 3 heterocycles. The van der Waals surface area contributed by atoms with Crippen LogP contribution in [0.5, 0.6) is 0 Å². The Morgan fingerprint density at radius 2 is 1.69 bits per heavy atom. The molecule has 0 aromatic heterocycles. The molecule has 4 aliphatic rings. The van der Waals surface area contributed by atoms with Gasteiger partial charge in [0, 0.05) is 32.1 Å². The molecule has 3 aliphatic heterocycles. The Morgan fingerprint density at radius 3 is 2.34 bits per heavy atom. The Morgan fingerprint density at radius 1 is 1.00 bits per heavy atom. The maximum Gasteiger partial charge on any atom is 0.326 e. The first-order valence-electron chi connectivity index (χ1n) is 11.5. The molecule has 1 saturated carbocycles. The minimum atomic E-state index is -0.664. The van der Waals surface area contributed by atoms with Crippen molar-refractivity contribution in [2.24, 2.45) is 17.8 Å². The number of hydrogen-bond acceptors (Lipinski definition) is 4. The zero-order valence-electron chi connectivity index (χ0n) is 18.0. The van der Waals surface area contributed by atoms with E-state index in [2.05, 4.69) is 29.0 Å². The minimum absolute atomic E-state index is 0.0464. The second kappa shape index (κ2) is 8.25. The molecular weight excluding hydrogens is 368 g/mol. The van der Waals surface area contributed by atoms with E-state index in [0.717, 1.165) is 71.1 Å². The van der Waals surface area contributed by atoms with Gasteiger partial charge in [-0.3, -0.25) is 14.5 Å². The first-order valence-corrected chi connectivity index (χ1v) is 11.5. The van der Waals surface area contributed by atoms with E-state index < -0.39 is 5.54 Å². The fourth-order valence-corrected chi connectivity index (χ4v) is 5.57. The molecule has 0 bridgehead atoms. The third-order valence-corrected chi connectivity index (χ3v) is 7.62. The molecule has 4 fully saturated rings. The quantitative estimate of drug-likeness (QED) is 0.733. The number of nitrogens with zero attached hydrogens (tertiary/aromatic N) is 3. The molecule has 7 nitrogen and oxygen atoms in total. The van der Waals surface area contributed by atoms with Gasteiger partial charge in [0.2, 0.25) is 5.91 Å². The number of piperidine rings is 2. The molecule has 4 rings (SSSR count). The molecular formula is C22H36N4O3. The Balaban J connectivity index is 1.29. The predicted molar refractivity (Wildman–Crippen MR) is 110 cm³/mol. The molecule has 0 radical (unpaired) electrons. The summed E-state index contributed by atoms with van der Waals surface area (Å²) < 4.78 is 0. The van der Waals surface area contributed by atoms with E-state index in [4.69, 9.17) is 0 Å². The lowest BCUT2D eigenvalue weighted by molar-refractivity contribution is -0.140. The summed E-state index contributed by atoms with van der Waals surface area (Å²) in [6, 6.07) is -0.245. The SMILES string of the molecule is CC1CCC2(CC1)NC(=O)N(CN1CCC(C(=O)N3CCCC(C)C3)CC1)C2=O. The second-order valence-corrected chi connectivity index (χ2v) is 9.99. The van der Waals surface area contributed by atoms with Gasteiger partial charge in [0.25, 0.3) is 5.91 Å². The maximum absolute atomic E-state index is 13.0. The summed E-state index contributed by atoms with van der Waals surface area (Å²) in [7, 11) is 0. The van der Waals surface area contributed by atoms with Crippen molar-refractivity contribution in [3.8, 4) is 0 Å². The van der Waals surface area contributed by atoms with E-state index in [9.17, 15) is 14.4 Å². The lowest BCUT2D eigenvalue weighted by Crippen LogP contribution is -2.51. The van der Waals surface area contributed by atoms with Crippen LogP contribution in [0.25, 0.3) is 0 Å². The lowest BCUT2D eigenvalue weighted by atomic mass is 9.77. The van der Waals surface area contributed by atoms with Crippen molar-refractivity contribution in [3.63, 3.8) is 0 Å². The fraction of sp³-hybridized carbons (Fsp3) is 0.864. The average molecular weight is 405 g/mol. The lowest BCUT2D eigenvalue weighted by Gasteiger charge is -2.38. The first kappa shape index (κ1) is 20.6. The number of carbonyl (C=O) groups is 3. The Hall–Kier alpha value is -1.63. The molecule has 1 unspecified atom stereocenters. The zero-order chi connectivity index (χ0) is 20.6. The first-order chi connectivity index (χ1) is 13.9. The van der Waals surface area contributed by atoms with Gasteiger partial charge >= 0.3 is 6.03 Å². The van der Waals surface area contributed by atoms with Gasteiger partial charge in [0.15, 0.2) is 0 Å². The molecule has 3 saturated heterocycles. The molecule has 29 heavy (non-hydrogen) atoms. The highest BCUT2D eigenvalue weighted by Crippen LogP contribution is 2.36. The number of likely N-dealkylation sites (tertiary alicyclic amines) is 2. The standard InChI is InChI=1S/C22H36N4O3/c1-16-5-9-22(10-6-16)20(28)26(21(29)23-22)15-24-12-7-18(8-13-24)19(27)25-11-3-4-17(2)14-25/h16-18H,3-15H2,1-2H3,(H,23,29). The Bertz CT molecular complexity index is 650. The highest BCUT2D eigenvalue weighted by molar-refractivity contribution is 6.07. The summed E-state index contributed by atoms with van der Waals surface area (Å²) in [6.45, 7) is 8.10. The molecule has 1 N–H and O–H groups in total. The highest BCUT2D eigenvalue weighted by atomic mass is 16.2. The van der Waals surface area contributed by atoms with Gasteiger partial charge in [-0.15, -0.1) is 0 Å². The number of nitrogens with one attached hydrogen (secondary N) is 1. The van der Waals surface area contributed by atoms with E-state index in [1.165, 1.54) is 11.3 Å². The molecule has 1 atom stereocenters. The summed E-state index contributed by atoms with van der Waals surface area (Å²) in [6.07, 6.45) is 7.43. The van der Waals surface area contributed by atoms with Gasteiger partial charge in [0.1, 0.15) is 5.54 Å². The molecule has 1 spiro atoms. The van der Waals surface area contributed by atoms with Crippen LogP contribution in [0.2, 0.25) is 0 Å². The monoisotopic (exact) mass is 404 g/mol. The number of hydrogen-bond donors (Lipinski definition) is 1. The third kappa shape index (κ3) is 4.16. The molecule has 1 aliphatic carbocycles. The molecule has 4 amide bonds. The van der Waals surface area contributed by atoms with Crippen LogP contribution in [0.15, 0.2) is 0 Å². The van der Waals surface area contributed by atoms with Crippen LogP contribution in [-0.4, -0.2) is 70.9 Å². The van der Waals surface area contributed by atoms with Gasteiger partial charge in [0.05, 0.1) is 6.67 Å². The van der Waals surface area contributed by atoms with Crippen molar-refractivity contribution in [3.05, 3.63) is 0 Å². The summed E-state index contributed by atoms with van der Waals surface area (Å²) in [4.78, 5) is 44.0. The van der Waals surface area contributed by atoms with Gasteiger partial charge in [-0.25, -0.2) is 9.69 Å². The molecule has 0 aromatic rings. The molecule has 162 valence electrons. The summed E-state index contributed by atoms with van der Waals surface area (Å²) >= 11 is 0. The van der Waals surface area contributed by atoms with Crippen molar-refractivity contribution < 1.29 is 14.4 Å². The Labute approximate surface area is 174 Å².